The number of fused-ring (bicyclic) bond motifs is 1. The minimum absolute atomic E-state index is 0.0548. The van der Waals surface area contributed by atoms with E-state index in [2.05, 4.69) is 39.4 Å². The molecule has 12 nitrogen and oxygen atoms in total. The van der Waals surface area contributed by atoms with E-state index in [0.717, 1.165) is 55.7 Å². The maximum Gasteiger partial charge on any atom is 0.352 e. The van der Waals surface area contributed by atoms with E-state index in [0.29, 0.717) is 45.6 Å². The van der Waals surface area contributed by atoms with Gasteiger partial charge >= 0.3 is 5.97 Å². The predicted molar refractivity (Wildman–Crippen MR) is 314 cm³/mol. The molecule has 0 aromatic heterocycles. The number of aromatic hydroxyl groups is 3. The van der Waals surface area contributed by atoms with Crippen LogP contribution in [0.5, 0.6) is 23.0 Å². The van der Waals surface area contributed by atoms with Crippen LogP contribution < -0.4 is 10.1 Å². The third kappa shape index (κ3) is 16.2. The molecule has 1 aliphatic heterocycles. The van der Waals surface area contributed by atoms with Gasteiger partial charge in [-0.1, -0.05) is 97.7 Å². The molecule has 0 spiro atoms. The second-order valence-corrected chi connectivity index (χ2v) is 19.4. The molecule has 1 atom stereocenters. The molecule has 8 aromatic rings. The number of hydrogen-bond donors (Lipinski definition) is 5. The average molecular weight is 1070 g/mol. The summed E-state index contributed by atoms with van der Waals surface area (Å²) in [5.74, 6) is 0.482. The van der Waals surface area contributed by atoms with Crippen LogP contribution in [0.15, 0.2) is 184 Å². The van der Waals surface area contributed by atoms with Crippen LogP contribution in [0.4, 0.5) is 22.7 Å². The molecule has 1 heterocycles. The Bertz CT molecular complexity index is 3430. The SMILES string of the molecule is CCCCc1ccc(NC(=O)CSc2ccccc2N=Cc2ccccc2O)cc1.CCOc1ccc(N=Cc2ccc(Cl)cc2)c(C2COC(=O)C2=N)c1.Cc1cc(O)c2c(N=Cc3ccccc3O)cc(C)cc2c1. The first-order chi connectivity index (χ1) is 37.3. The van der Waals surface area contributed by atoms with Gasteiger partial charge in [0.2, 0.25) is 5.91 Å². The van der Waals surface area contributed by atoms with Crippen molar-refractivity contribution in [3.05, 3.63) is 208 Å². The molecule has 9 rings (SSSR count). The number of amides is 1. The summed E-state index contributed by atoms with van der Waals surface area (Å²) in [5.41, 5.74) is 9.18. The van der Waals surface area contributed by atoms with Crippen LogP contribution in [0.25, 0.3) is 10.8 Å². The number of aliphatic imine (C=N–C) groups is 3. The van der Waals surface area contributed by atoms with Crippen molar-refractivity contribution in [2.45, 2.75) is 57.8 Å². The first kappa shape index (κ1) is 56.2. The fourth-order valence-corrected chi connectivity index (χ4v) is 9.01. The number of nitrogens with one attached hydrogen (secondary N) is 2. The molecule has 0 aliphatic carbocycles. The number of ether oxygens (including phenoxy) is 2. The molecule has 1 aliphatic rings. The first-order valence-electron chi connectivity index (χ1n) is 25.1. The Labute approximate surface area is 458 Å². The molecule has 1 fully saturated rings. The number of cyclic esters (lactones) is 1. The highest BCUT2D eigenvalue weighted by atomic mass is 35.5. The quantitative estimate of drug-likeness (QED) is 0.0359. The Balaban J connectivity index is 0.000000170. The van der Waals surface area contributed by atoms with Gasteiger partial charge in [0.25, 0.3) is 0 Å². The van der Waals surface area contributed by atoms with Gasteiger partial charge in [-0.15, -0.1) is 11.8 Å². The van der Waals surface area contributed by atoms with E-state index in [9.17, 15) is 24.9 Å². The van der Waals surface area contributed by atoms with Gasteiger partial charge in [-0.25, -0.2) is 4.79 Å². The summed E-state index contributed by atoms with van der Waals surface area (Å²) in [5, 5.41) is 43.2. The summed E-state index contributed by atoms with van der Waals surface area (Å²) in [6.45, 7) is 8.71. The molecule has 0 saturated carbocycles. The number of anilines is 1. The lowest BCUT2D eigenvalue weighted by Crippen LogP contribution is -2.13. The molecule has 14 heteroatoms. The van der Waals surface area contributed by atoms with Gasteiger partial charge < -0.3 is 30.1 Å². The molecule has 0 bridgehead atoms. The highest BCUT2D eigenvalue weighted by Crippen LogP contribution is 2.37. The fourth-order valence-electron chi connectivity index (χ4n) is 8.08. The summed E-state index contributed by atoms with van der Waals surface area (Å²) >= 11 is 7.33. The third-order valence-electron chi connectivity index (χ3n) is 12.0. The molecular formula is C63H60ClN5O7S. The highest BCUT2D eigenvalue weighted by Gasteiger charge is 2.34. The Morgan fingerprint density at radius 1 is 0.727 bits per heavy atom. The Morgan fingerprint density at radius 2 is 1.35 bits per heavy atom. The zero-order valence-electron chi connectivity index (χ0n) is 43.2. The fraction of sp³-hybridized carbons (Fsp3) is 0.175. The summed E-state index contributed by atoms with van der Waals surface area (Å²) < 4.78 is 10.5. The second kappa shape index (κ2) is 27.9. The zero-order chi connectivity index (χ0) is 54.7. The number of para-hydroxylation sites is 3. The molecule has 0 radical (unpaired) electrons. The number of nitrogens with zero attached hydrogens (tertiary/aromatic N) is 3. The van der Waals surface area contributed by atoms with Crippen molar-refractivity contribution < 1.29 is 34.4 Å². The summed E-state index contributed by atoms with van der Waals surface area (Å²) in [4.78, 5) is 38.3. The van der Waals surface area contributed by atoms with Gasteiger partial charge in [0.05, 0.1) is 35.3 Å². The largest absolute Gasteiger partial charge is 0.507 e. The van der Waals surface area contributed by atoms with Gasteiger partial charge in [0, 0.05) is 50.8 Å². The van der Waals surface area contributed by atoms with E-state index in [1.54, 1.807) is 73.2 Å². The van der Waals surface area contributed by atoms with Crippen molar-refractivity contribution in [3.8, 4) is 23.0 Å². The Kier molecular flexibility index (Phi) is 20.3. The van der Waals surface area contributed by atoms with Crippen LogP contribution in [-0.2, 0) is 20.7 Å². The smallest absolute Gasteiger partial charge is 0.352 e. The van der Waals surface area contributed by atoms with Crippen LogP contribution in [0.1, 0.15) is 71.6 Å². The van der Waals surface area contributed by atoms with E-state index < -0.39 is 11.9 Å². The minimum atomic E-state index is -0.584. The van der Waals surface area contributed by atoms with E-state index in [1.165, 1.54) is 30.2 Å². The Hall–Kier alpha value is -8.52. The number of aryl methyl sites for hydroxylation is 3. The molecule has 392 valence electrons. The maximum atomic E-state index is 12.4. The van der Waals surface area contributed by atoms with Crippen molar-refractivity contribution in [3.63, 3.8) is 0 Å². The zero-order valence-corrected chi connectivity index (χ0v) is 44.8. The normalized spacial score (nSPS) is 13.1. The van der Waals surface area contributed by atoms with Crippen LogP contribution in [0.3, 0.4) is 0 Å². The number of phenolic OH excluding ortho intramolecular Hbond substituents is 3. The Morgan fingerprint density at radius 3 is 1.99 bits per heavy atom. The van der Waals surface area contributed by atoms with Crippen LogP contribution in [0, 0.1) is 19.3 Å². The standard InChI is InChI=1S/C25H26N2O2S.C19H17ClN2O3.C19H17NO2/c1-2-3-8-19-13-15-21(16-14-19)27-25(29)18-30-24-12-7-5-10-22(24)26-17-20-9-4-6-11-23(20)28;1-2-24-14-7-8-17(22-10-12-3-5-13(20)6-4-12)15(9-14)16-11-25-19(23)18(16)21;1-12-7-15-8-13(2)10-18(22)19(15)16(9-12)20-11-14-5-3-4-6-17(14)21/h4-7,9-17,28H,2-3,8,18H2,1H3,(H,27,29);3-10,16,21H,2,11H2,1H3;3-11,21-22H,1-2H3. The van der Waals surface area contributed by atoms with E-state index in [4.69, 9.17) is 26.5 Å². The van der Waals surface area contributed by atoms with E-state index in [1.807, 2.05) is 118 Å². The number of rotatable bonds is 16. The number of carbonyl (C=O) groups is 2. The molecule has 77 heavy (non-hydrogen) atoms. The van der Waals surface area contributed by atoms with Crippen molar-refractivity contribution in [1.29, 1.82) is 5.41 Å². The first-order valence-corrected chi connectivity index (χ1v) is 26.5. The monoisotopic (exact) mass is 1070 g/mol. The summed E-state index contributed by atoms with van der Waals surface area (Å²) in [6, 6.07) is 50.3. The second-order valence-electron chi connectivity index (χ2n) is 17.9. The lowest BCUT2D eigenvalue weighted by molar-refractivity contribution is -0.132. The maximum absolute atomic E-state index is 12.4. The number of carbonyl (C=O) groups excluding carboxylic acids is 2. The van der Waals surface area contributed by atoms with Crippen LogP contribution >= 0.6 is 23.4 Å². The average Bonchev–Trinajstić information content (AvgIpc) is 3.76. The van der Waals surface area contributed by atoms with Crippen molar-refractivity contribution >= 4 is 93.1 Å². The predicted octanol–water partition coefficient (Wildman–Crippen LogP) is 15.0. The number of thioether (sulfide) groups is 1. The topological polar surface area (TPSA) is 186 Å². The van der Waals surface area contributed by atoms with Gasteiger partial charge in [-0.05, 0) is 158 Å². The van der Waals surface area contributed by atoms with Crippen LogP contribution in [-0.4, -0.2) is 70.5 Å². The molecule has 1 unspecified atom stereocenters. The van der Waals surface area contributed by atoms with Gasteiger partial charge in [0.15, 0.2) is 0 Å². The molecule has 5 N–H and O–H groups in total. The number of unbranched alkanes of at least 4 members (excludes halogenated alkanes) is 1. The van der Waals surface area contributed by atoms with Crippen molar-refractivity contribution in [1.82, 2.24) is 0 Å². The summed E-state index contributed by atoms with van der Waals surface area (Å²) in [6.07, 6.45) is 8.38. The number of halogens is 1. The third-order valence-corrected chi connectivity index (χ3v) is 13.3. The number of benzene rings is 8. The highest BCUT2D eigenvalue weighted by molar-refractivity contribution is 8.00. The molecular weight excluding hydrogens is 1010 g/mol. The van der Waals surface area contributed by atoms with E-state index in [-0.39, 0.29) is 35.5 Å². The van der Waals surface area contributed by atoms with Crippen molar-refractivity contribution in [2.75, 3.05) is 24.3 Å². The lowest BCUT2D eigenvalue weighted by Gasteiger charge is -2.13. The molecule has 1 amide bonds. The van der Waals surface area contributed by atoms with Gasteiger partial charge in [-0.3, -0.25) is 25.2 Å². The molecule has 8 aromatic carbocycles. The van der Waals surface area contributed by atoms with Gasteiger partial charge in [-0.2, -0.15) is 0 Å². The van der Waals surface area contributed by atoms with Crippen molar-refractivity contribution in [2.24, 2.45) is 15.0 Å². The van der Waals surface area contributed by atoms with Gasteiger partial charge in [0.1, 0.15) is 35.3 Å². The molecule has 1 saturated heterocycles. The number of esters is 1. The number of hydrogen-bond acceptors (Lipinski definition) is 12. The number of phenols is 3. The minimum Gasteiger partial charge on any atom is -0.507 e. The summed E-state index contributed by atoms with van der Waals surface area (Å²) in [7, 11) is 0. The van der Waals surface area contributed by atoms with Crippen LogP contribution in [0.2, 0.25) is 5.02 Å². The van der Waals surface area contributed by atoms with E-state index >= 15 is 0 Å². The lowest BCUT2D eigenvalue weighted by atomic mass is 9.94.